The predicted octanol–water partition coefficient (Wildman–Crippen LogP) is 3.62. The van der Waals surface area contributed by atoms with E-state index in [1.54, 1.807) is 12.1 Å². The number of fused-ring (bicyclic) bond motifs is 1. The quantitative estimate of drug-likeness (QED) is 0.817. The number of ether oxygens (including phenoxy) is 1. The topological polar surface area (TPSA) is 45.9 Å². The molecule has 1 aliphatic rings. The number of benzene rings is 1. The molecule has 1 heterocycles. The molecule has 19 heavy (non-hydrogen) atoms. The van der Waals surface area contributed by atoms with Gasteiger partial charge in [0.1, 0.15) is 11.8 Å². The molecule has 0 amide bonds. The molecule has 2 aromatic rings. The highest BCUT2D eigenvalue weighted by Gasteiger charge is 2.10. The molecule has 0 unspecified atom stereocenters. The van der Waals surface area contributed by atoms with Crippen molar-refractivity contribution in [3.8, 4) is 17.7 Å². The molecule has 1 aromatic heterocycles. The second-order valence-electron chi connectivity index (χ2n) is 4.74. The lowest BCUT2D eigenvalue weighted by molar-refractivity contribution is 0.461. The third-order valence-corrected chi connectivity index (χ3v) is 3.41. The van der Waals surface area contributed by atoms with Crippen molar-refractivity contribution in [3.63, 3.8) is 0 Å². The average molecular weight is 250 g/mol. The molecule has 1 aliphatic carbocycles. The van der Waals surface area contributed by atoms with Crippen molar-refractivity contribution in [3.05, 3.63) is 53.2 Å². The highest BCUT2D eigenvalue weighted by Crippen LogP contribution is 2.27. The van der Waals surface area contributed by atoms with E-state index in [4.69, 9.17) is 10.00 Å². The highest BCUT2D eigenvalue weighted by molar-refractivity contribution is 5.39. The van der Waals surface area contributed by atoms with Crippen LogP contribution in [-0.2, 0) is 12.8 Å². The lowest BCUT2D eigenvalue weighted by atomic mass is 9.92. The second-order valence-corrected chi connectivity index (χ2v) is 4.74. The number of hydrogen-bond donors (Lipinski definition) is 0. The molecule has 3 nitrogen and oxygen atoms in total. The summed E-state index contributed by atoms with van der Waals surface area (Å²) in [4.78, 5) is 4.11. The number of hydrogen-bond acceptors (Lipinski definition) is 3. The molecule has 0 N–H and O–H groups in total. The van der Waals surface area contributed by atoms with E-state index in [9.17, 15) is 0 Å². The van der Waals surface area contributed by atoms with E-state index in [2.05, 4.69) is 17.1 Å². The summed E-state index contributed by atoms with van der Waals surface area (Å²) in [6.07, 6.45) is 6.36. The van der Waals surface area contributed by atoms with Crippen molar-refractivity contribution in [2.24, 2.45) is 0 Å². The van der Waals surface area contributed by atoms with Crippen LogP contribution in [0, 0.1) is 11.3 Å². The summed E-state index contributed by atoms with van der Waals surface area (Å²) in [5, 5.41) is 8.72. The minimum atomic E-state index is 0.523. The zero-order valence-corrected chi connectivity index (χ0v) is 10.6. The summed E-state index contributed by atoms with van der Waals surface area (Å²) in [5.41, 5.74) is 3.36. The number of rotatable bonds is 2. The zero-order valence-electron chi connectivity index (χ0n) is 10.6. The van der Waals surface area contributed by atoms with Gasteiger partial charge in [-0.2, -0.15) is 5.26 Å². The van der Waals surface area contributed by atoms with Gasteiger partial charge in [0.15, 0.2) is 0 Å². The van der Waals surface area contributed by atoms with Crippen molar-refractivity contribution in [2.75, 3.05) is 0 Å². The van der Waals surface area contributed by atoms with Crippen LogP contribution in [0.2, 0.25) is 0 Å². The van der Waals surface area contributed by atoms with Gasteiger partial charge >= 0.3 is 0 Å². The Balaban J connectivity index is 1.81. The lowest BCUT2D eigenvalue weighted by Crippen LogP contribution is -2.02. The Kier molecular flexibility index (Phi) is 3.16. The summed E-state index contributed by atoms with van der Waals surface area (Å²) < 4.78 is 5.72. The number of nitriles is 1. The molecule has 0 bridgehead atoms. The van der Waals surface area contributed by atoms with Crippen LogP contribution in [0.25, 0.3) is 0 Å². The molecule has 3 rings (SSSR count). The normalized spacial score (nSPS) is 13.4. The van der Waals surface area contributed by atoms with Crippen LogP contribution in [-0.4, -0.2) is 4.98 Å². The Morgan fingerprint density at radius 2 is 1.89 bits per heavy atom. The Morgan fingerprint density at radius 1 is 1.05 bits per heavy atom. The van der Waals surface area contributed by atoms with Crippen molar-refractivity contribution in [1.29, 1.82) is 5.26 Å². The van der Waals surface area contributed by atoms with Crippen LogP contribution in [0.5, 0.6) is 11.6 Å². The second kappa shape index (κ2) is 5.11. The van der Waals surface area contributed by atoms with E-state index < -0.39 is 0 Å². The van der Waals surface area contributed by atoms with Crippen molar-refractivity contribution < 1.29 is 4.74 Å². The van der Waals surface area contributed by atoms with Gasteiger partial charge in [-0.05, 0) is 55.0 Å². The molecule has 0 aliphatic heterocycles. The van der Waals surface area contributed by atoms with E-state index in [1.165, 1.54) is 36.6 Å². The first-order valence-corrected chi connectivity index (χ1v) is 6.51. The number of nitrogens with zero attached hydrogens (tertiary/aromatic N) is 2. The first-order chi connectivity index (χ1) is 9.35. The molecule has 0 saturated carbocycles. The molecular formula is C16H14N2O. The van der Waals surface area contributed by atoms with Crippen LogP contribution in [0.1, 0.15) is 29.5 Å². The van der Waals surface area contributed by atoms with Crippen molar-refractivity contribution in [1.82, 2.24) is 4.98 Å². The third-order valence-electron chi connectivity index (χ3n) is 3.41. The first-order valence-electron chi connectivity index (χ1n) is 6.51. The Bertz CT molecular complexity index is 626. The van der Waals surface area contributed by atoms with Gasteiger partial charge in [0.2, 0.25) is 5.88 Å². The van der Waals surface area contributed by atoms with Gasteiger partial charge in [0, 0.05) is 12.3 Å². The average Bonchev–Trinajstić information content (AvgIpc) is 2.48. The fourth-order valence-corrected chi connectivity index (χ4v) is 2.40. The van der Waals surface area contributed by atoms with E-state index in [-0.39, 0.29) is 0 Å². The molecule has 3 heteroatoms. The maximum absolute atomic E-state index is 8.72. The van der Waals surface area contributed by atoms with Gasteiger partial charge in [-0.1, -0.05) is 6.07 Å². The van der Waals surface area contributed by atoms with Gasteiger partial charge in [-0.3, -0.25) is 0 Å². The molecule has 0 fully saturated rings. The minimum Gasteiger partial charge on any atom is -0.439 e. The van der Waals surface area contributed by atoms with Crippen LogP contribution in [0.4, 0.5) is 0 Å². The van der Waals surface area contributed by atoms with Crippen LogP contribution in [0.3, 0.4) is 0 Å². The number of aryl methyl sites for hydroxylation is 2. The minimum absolute atomic E-state index is 0.523. The molecule has 1 aromatic carbocycles. The summed E-state index contributed by atoms with van der Waals surface area (Å²) in [6.45, 7) is 0. The lowest BCUT2D eigenvalue weighted by Gasteiger charge is -2.16. The van der Waals surface area contributed by atoms with Gasteiger partial charge in [-0.15, -0.1) is 0 Å². The van der Waals surface area contributed by atoms with E-state index in [0.717, 1.165) is 12.2 Å². The SMILES string of the molecule is N#Cc1ccc(Oc2ccc3c(c2)CCCC3)nc1. The fourth-order valence-electron chi connectivity index (χ4n) is 2.40. The van der Waals surface area contributed by atoms with Crippen molar-refractivity contribution in [2.45, 2.75) is 25.7 Å². The molecular weight excluding hydrogens is 236 g/mol. The standard InChI is InChI=1S/C16H14N2O/c17-10-12-5-8-16(18-11-12)19-15-7-6-13-3-1-2-4-14(13)9-15/h5-9,11H,1-4H2. The molecule has 0 spiro atoms. The summed E-state index contributed by atoms with van der Waals surface area (Å²) in [5.74, 6) is 1.34. The van der Waals surface area contributed by atoms with Crippen LogP contribution in [0.15, 0.2) is 36.5 Å². The van der Waals surface area contributed by atoms with Gasteiger partial charge in [0.05, 0.1) is 5.56 Å². The number of pyridine rings is 1. The third kappa shape index (κ3) is 2.58. The Labute approximate surface area is 112 Å². The molecule has 94 valence electrons. The number of aromatic nitrogens is 1. The summed E-state index contributed by atoms with van der Waals surface area (Å²) in [7, 11) is 0. The predicted molar refractivity (Wildman–Crippen MR) is 72.1 cm³/mol. The molecule has 0 atom stereocenters. The van der Waals surface area contributed by atoms with E-state index in [1.807, 2.05) is 12.1 Å². The maximum atomic E-state index is 8.72. The zero-order chi connectivity index (χ0) is 13.1. The van der Waals surface area contributed by atoms with Crippen molar-refractivity contribution >= 4 is 0 Å². The highest BCUT2D eigenvalue weighted by atomic mass is 16.5. The van der Waals surface area contributed by atoms with E-state index in [0.29, 0.717) is 11.4 Å². The first kappa shape index (κ1) is 11.7. The maximum Gasteiger partial charge on any atom is 0.219 e. The fraction of sp³-hybridized carbons (Fsp3) is 0.250. The van der Waals surface area contributed by atoms with Gasteiger partial charge in [0.25, 0.3) is 0 Å². The Morgan fingerprint density at radius 3 is 2.63 bits per heavy atom. The van der Waals surface area contributed by atoms with Gasteiger partial charge < -0.3 is 4.74 Å². The van der Waals surface area contributed by atoms with E-state index >= 15 is 0 Å². The summed E-state index contributed by atoms with van der Waals surface area (Å²) >= 11 is 0. The Hall–Kier alpha value is -2.34. The smallest absolute Gasteiger partial charge is 0.219 e. The summed E-state index contributed by atoms with van der Waals surface area (Å²) in [6, 6.07) is 11.7. The van der Waals surface area contributed by atoms with Gasteiger partial charge in [-0.25, -0.2) is 4.98 Å². The van der Waals surface area contributed by atoms with Crippen LogP contribution >= 0.6 is 0 Å². The largest absolute Gasteiger partial charge is 0.439 e. The molecule has 0 saturated heterocycles. The van der Waals surface area contributed by atoms with Crippen LogP contribution < -0.4 is 4.74 Å². The molecule has 0 radical (unpaired) electrons. The monoisotopic (exact) mass is 250 g/mol.